The van der Waals surface area contributed by atoms with Crippen molar-refractivity contribution in [2.75, 3.05) is 0 Å². The van der Waals surface area contributed by atoms with E-state index in [1.54, 1.807) is 11.3 Å². The van der Waals surface area contributed by atoms with Gasteiger partial charge in [0.15, 0.2) is 10.5 Å². The third-order valence-corrected chi connectivity index (χ3v) is 2.62. The lowest BCUT2D eigenvalue weighted by molar-refractivity contribution is 1.09. The Morgan fingerprint density at radius 2 is 1.58 bits per heavy atom. The second-order valence-corrected chi connectivity index (χ2v) is 3.94. The van der Waals surface area contributed by atoms with E-state index in [1.165, 1.54) is 0 Å². The average molecular weight is 179 g/mol. The average Bonchev–Trinajstić information content (AvgIpc) is 2.30. The number of hydrogen-bond acceptors (Lipinski definition) is 4. The van der Waals surface area contributed by atoms with Gasteiger partial charge in [-0.3, -0.25) is 0 Å². The Bertz CT molecular complexity index is 394. The number of aryl methyl sites for hydroxylation is 3. The van der Waals surface area contributed by atoms with Crippen LogP contribution in [0.15, 0.2) is 0 Å². The van der Waals surface area contributed by atoms with E-state index in [4.69, 9.17) is 0 Å². The SMILES string of the molecule is Cc1nc2nc(C)c(C)nc2s1. The van der Waals surface area contributed by atoms with Crippen molar-refractivity contribution in [3.8, 4) is 0 Å². The van der Waals surface area contributed by atoms with E-state index in [-0.39, 0.29) is 0 Å². The van der Waals surface area contributed by atoms with Crippen molar-refractivity contribution in [2.24, 2.45) is 0 Å². The van der Waals surface area contributed by atoms with Crippen LogP contribution in [-0.4, -0.2) is 15.0 Å². The van der Waals surface area contributed by atoms with Gasteiger partial charge in [-0.15, -0.1) is 0 Å². The monoisotopic (exact) mass is 179 g/mol. The maximum Gasteiger partial charge on any atom is 0.190 e. The van der Waals surface area contributed by atoms with Crippen molar-refractivity contribution < 1.29 is 0 Å². The number of rotatable bonds is 0. The van der Waals surface area contributed by atoms with Gasteiger partial charge < -0.3 is 0 Å². The van der Waals surface area contributed by atoms with Gasteiger partial charge in [0.25, 0.3) is 0 Å². The summed E-state index contributed by atoms with van der Waals surface area (Å²) in [5.41, 5.74) is 2.74. The van der Waals surface area contributed by atoms with Gasteiger partial charge in [0, 0.05) is 0 Å². The largest absolute Gasteiger partial charge is 0.237 e. The number of nitrogens with zero attached hydrogens (tertiary/aromatic N) is 3. The summed E-state index contributed by atoms with van der Waals surface area (Å²) in [5.74, 6) is 0. The lowest BCUT2D eigenvalue weighted by Crippen LogP contribution is -1.90. The smallest absolute Gasteiger partial charge is 0.190 e. The molecule has 3 nitrogen and oxygen atoms in total. The van der Waals surface area contributed by atoms with Gasteiger partial charge in [-0.1, -0.05) is 11.3 Å². The predicted molar refractivity (Wildman–Crippen MR) is 49.4 cm³/mol. The highest BCUT2D eigenvalue weighted by Crippen LogP contribution is 2.18. The van der Waals surface area contributed by atoms with Gasteiger partial charge in [0.1, 0.15) is 0 Å². The van der Waals surface area contributed by atoms with E-state index in [2.05, 4.69) is 15.0 Å². The third kappa shape index (κ3) is 1.08. The molecular weight excluding hydrogens is 170 g/mol. The molecule has 0 saturated carbocycles. The molecule has 0 spiro atoms. The van der Waals surface area contributed by atoms with Gasteiger partial charge >= 0.3 is 0 Å². The van der Waals surface area contributed by atoms with Crippen molar-refractivity contribution in [3.05, 3.63) is 16.4 Å². The molecular formula is C8H9N3S. The molecule has 0 atom stereocenters. The Morgan fingerprint density at radius 3 is 2.33 bits per heavy atom. The summed E-state index contributed by atoms with van der Waals surface area (Å²) in [7, 11) is 0. The van der Waals surface area contributed by atoms with Crippen LogP contribution in [0.1, 0.15) is 16.4 Å². The maximum absolute atomic E-state index is 4.39. The lowest BCUT2D eigenvalue weighted by Gasteiger charge is -1.94. The van der Waals surface area contributed by atoms with Crippen LogP contribution in [0, 0.1) is 20.8 Å². The topological polar surface area (TPSA) is 38.7 Å². The van der Waals surface area contributed by atoms with Crippen molar-refractivity contribution in [2.45, 2.75) is 20.8 Å². The fourth-order valence-electron chi connectivity index (χ4n) is 1.02. The first-order valence-electron chi connectivity index (χ1n) is 3.75. The van der Waals surface area contributed by atoms with Crippen molar-refractivity contribution in [3.63, 3.8) is 0 Å². The Balaban J connectivity index is 2.83. The zero-order valence-corrected chi connectivity index (χ0v) is 8.07. The molecule has 2 rings (SSSR count). The Labute approximate surface area is 74.5 Å². The summed E-state index contributed by atoms with van der Waals surface area (Å²) in [5, 5.41) is 1.02. The van der Waals surface area contributed by atoms with E-state index in [1.807, 2.05) is 20.8 Å². The Kier molecular flexibility index (Phi) is 1.58. The summed E-state index contributed by atoms with van der Waals surface area (Å²) in [6, 6.07) is 0. The molecule has 0 unspecified atom stereocenters. The first kappa shape index (κ1) is 7.61. The quantitative estimate of drug-likeness (QED) is 0.621. The van der Waals surface area contributed by atoms with E-state index >= 15 is 0 Å². The third-order valence-electron chi connectivity index (χ3n) is 1.77. The first-order valence-corrected chi connectivity index (χ1v) is 4.57. The number of fused-ring (bicyclic) bond motifs is 1. The van der Waals surface area contributed by atoms with Gasteiger partial charge in [0.05, 0.1) is 16.4 Å². The zero-order chi connectivity index (χ0) is 8.72. The second kappa shape index (κ2) is 2.48. The van der Waals surface area contributed by atoms with Crippen LogP contribution in [0.2, 0.25) is 0 Å². The number of hydrogen-bond donors (Lipinski definition) is 0. The van der Waals surface area contributed by atoms with Gasteiger partial charge in [0.2, 0.25) is 0 Å². The van der Waals surface area contributed by atoms with Crippen molar-refractivity contribution in [1.29, 1.82) is 0 Å². The normalized spacial score (nSPS) is 10.9. The van der Waals surface area contributed by atoms with Crippen LogP contribution in [0.25, 0.3) is 10.5 Å². The standard InChI is InChI=1S/C8H9N3S/c1-4-5(2)10-8-7(9-4)11-6(3)12-8/h1-3H3. The van der Waals surface area contributed by atoms with E-state index in [0.717, 1.165) is 26.9 Å². The van der Waals surface area contributed by atoms with Crippen LogP contribution in [0.3, 0.4) is 0 Å². The molecule has 0 fully saturated rings. The van der Waals surface area contributed by atoms with Crippen LogP contribution < -0.4 is 0 Å². The fourth-order valence-corrected chi connectivity index (χ4v) is 1.80. The molecule has 0 aliphatic heterocycles. The predicted octanol–water partition coefficient (Wildman–Crippen LogP) is 2.01. The summed E-state index contributed by atoms with van der Waals surface area (Å²) < 4.78 is 0. The van der Waals surface area contributed by atoms with Crippen LogP contribution in [0.5, 0.6) is 0 Å². The molecule has 2 aromatic heterocycles. The summed E-state index contributed by atoms with van der Waals surface area (Å²) in [4.78, 5) is 13.9. The molecule has 0 saturated heterocycles. The molecule has 2 heterocycles. The number of thiazole rings is 1. The molecule has 0 N–H and O–H groups in total. The summed E-state index contributed by atoms with van der Waals surface area (Å²) >= 11 is 1.59. The Morgan fingerprint density at radius 1 is 0.917 bits per heavy atom. The fraction of sp³-hybridized carbons (Fsp3) is 0.375. The van der Waals surface area contributed by atoms with Crippen molar-refractivity contribution >= 4 is 21.8 Å². The van der Waals surface area contributed by atoms with Gasteiger partial charge in [-0.05, 0) is 20.8 Å². The van der Waals surface area contributed by atoms with Crippen LogP contribution >= 0.6 is 11.3 Å². The second-order valence-electron chi connectivity index (χ2n) is 2.76. The molecule has 4 heteroatoms. The molecule has 62 valence electrons. The molecule has 0 radical (unpaired) electrons. The maximum atomic E-state index is 4.39. The molecule has 12 heavy (non-hydrogen) atoms. The molecule has 0 bridgehead atoms. The minimum absolute atomic E-state index is 0.778. The van der Waals surface area contributed by atoms with E-state index in [9.17, 15) is 0 Å². The molecule has 0 aliphatic rings. The highest BCUT2D eigenvalue weighted by Gasteiger charge is 2.04. The Hall–Kier alpha value is -1.03. The van der Waals surface area contributed by atoms with E-state index in [0.29, 0.717) is 0 Å². The molecule has 0 aliphatic carbocycles. The van der Waals surface area contributed by atoms with Crippen LogP contribution in [-0.2, 0) is 0 Å². The number of aromatic nitrogens is 3. The highest BCUT2D eigenvalue weighted by atomic mass is 32.1. The summed E-state index contributed by atoms with van der Waals surface area (Å²) in [6.45, 7) is 5.89. The molecule has 0 aromatic carbocycles. The van der Waals surface area contributed by atoms with Crippen molar-refractivity contribution in [1.82, 2.24) is 15.0 Å². The highest BCUT2D eigenvalue weighted by molar-refractivity contribution is 7.18. The summed E-state index contributed by atoms with van der Waals surface area (Å²) in [6.07, 6.45) is 0. The minimum atomic E-state index is 0.778. The van der Waals surface area contributed by atoms with Gasteiger partial charge in [-0.25, -0.2) is 15.0 Å². The molecule has 2 aromatic rings. The minimum Gasteiger partial charge on any atom is -0.237 e. The first-order chi connectivity index (χ1) is 5.66. The van der Waals surface area contributed by atoms with E-state index < -0.39 is 0 Å². The van der Waals surface area contributed by atoms with Gasteiger partial charge in [-0.2, -0.15) is 0 Å². The molecule has 0 amide bonds. The van der Waals surface area contributed by atoms with Crippen LogP contribution in [0.4, 0.5) is 0 Å². The zero-order valence-electron chi connectivity index (χ0n) is 7.25. The lowest BCUT2D eigenvalue weighted by atomic mass is 10.3.